The predicted molar refractivity (Wildman–Crippen MR) is 74.6 cm³/mol. The van der Waals surface area contributed by atoms with Gasteiger partial charge in [-0.1, -0.05) is 27.2 Å². The van der Waals surface area contributed by atoms with Gasteiger partial charge in [-0.25, -0.2) is 0 Å². The molecular weight excluding hydrogens is 240 g/mol. The third-order valence-electron chi connectivity index (χ3n) is 4.19. The van der Waals surface area contributed by atoms with Crippen LogP contribution in [0.4, 0.5) is 0 Å². The van der Waals surface area contributed by atoms with E-state index in [9.17, 15) is 9.59 Å². The van der Waals surface area contributed by atoms with Gasteiger partial charge in [-0.05, 0) is 19.3 Å². The number of rotatable bonds is 1. The lowest BCUT2D eigenvalue weighted by Crippen LogP contribution is -2.43. The summed E-state index contributed by atoms with van der Waals surface area (Å²) in [5.74, 6) is 0.784. The van der Waals surface area contributed by atoms with Gasteiger partial charge in [0.2, 0.25) is 11.8 Å². The topological polar surface area (TPSA) is 40.6 Å². The van der Waals surface area contributed by atoms with E-state index < -0.39 is 0 Å². The van der Waals surface area contributed by atoms with Crippen LogP contribution in [0.2, 0.25) is 0 Å². The maximum Gasteiger partial charge on any atom is 0.228 e. The third-order valence-corrected chi connectivity index (χ3v) is 4.19. The van der Waals surface area contributed by atoms with Crippen LogP contribution in [0.25, 0.3) is 0 Å². The van der Waals surface area contributed by atoms with Crippen molar-refractivity contribution in [2.24, 2.45) is 11.3 Å². The molecular formula is C15H26N2O2. The first-order valence-electron chi connectivity index (χ1n) is 7.48. The Bertz CT molecular complexity index is 356. The highest BCUT2D eigenvalue weighted by Crippen LogP contribution is 2.28. The van der Waals surface area contributed by atoms with Crippen LogP contribution in [0.1, 0.15) is 46.5 Å². The van der Waals surface area contributed by atoms with Gasteiger partial charge in [-0.2, -0.15) is 0 Å². The molecule has 4 nitrogen and oxygen atoms in total. The van der Waals surface area contributed by atoms with E-state index in [4.69, 9.17) is 0 Å². The quantitative estimate of drug-likeness (QED) is 0.727. The van der Waals surface area contributed by atoms with Gasteiger partial charge in [0, 0.05) is 37.5 Å². The van der Waals surface area contributed by atoms with Crippen molar-refractivity contribution < 1.29 is 9.59 Å². The SMILES string of the molecule is CC(C)(C)C(=O)N1CCCN(C(=O)C2CCC2)CC1. The molecule has 2 fully saturated rings. The fourth-order valence-corrected chi connectivity index (χ4v) is 2.73. The van der Waals surface area contributed by atoms with Gasteiger partial charge in [-0.15, -0.1) is 0 Å². The number of amides is 2. The van der Waals surface area contributed by atoms with Crippen LogP contribution < -0.4 is 0 Å². The van der Waals surface area contributed by atoms with Crippen molar-refractivity contribution in [2.45, 2.75) is 46.5 Å². The molecule has 1 saturated carbocycles. The minimum absolute atomic E-state index is 0.199. The van der Waals surface area contributed by atoms with Crippen molar-refractivity contribution in [1.82, 2.24) is 9.80 Å². The molecule has 0 aromatic rings. The molecule has 1 aliphatic carbocycles. The Balaban J connectivity index is 1.91. The van der Waals surface area contributed by atoms with Gasteiger partial charge in [-0.3, -0.25) is 9.59 Å². The van der Waals surface area contributed by atoms with Crippen molar-refractivity contribution in [1.29, 1.82) is 0 Å². The lowest BCUT2D eigenvalue weighted by atomic mass is 9.84. The first kappa shape index (κ1) is 14.4. The number of hydrogen-bond acceptors (Lipinski definition) is 2. The van der Waals surface area contributed by atoms with Crippen molar-refractivity contribution in [3.63, 3.8) is 0 Å². The molecule has 19 heavy (non-hydrogen) atoms. The Labute approximate surface area is 116 Å². The van der Waals surface area contributed by atoms with Gasteiger partial charge in [0.15, 0.2) is 0 Å². The molecule has 2 amide bonds. The van der Waals surface area contributed by atoms with E-state index in [0.717, 1.165) is 32.4 Å². The second-order valence-electron chi connectivity index (χ2n) is 6.85. The molecule has 2 rings (SSSR count). The molecule has 0 radical (unpaired) electrons. The van der Waals surface area contributed by atoms with E-state index in [0.29, 0.717) is 19.0 Å². The molecule has 0 N–H and O–H groups in total. The second-order valence-corrected chi connectivity index (χ2v) is 6.85. The van der Waals surface area contributed by atoms with Crippen LogP contribution in [-0.2, 0) is 9.59 Å². The van der Waals surface area contributed by atoms with Gasteiger partial charge < -0.3 is 9.80 Å². The summed E-state index contributed by atoms with van der Waals surface area (Å²) in [7, 11) is 0. The summed E-state index contributed by atoms with van der Waals surface area (Å²) in [5, 5.41) is 0. The zero-order chi connectivity index (χ0) is 14.0. The normalized spacial score (nSPS) is 21.8. The third kappa shape index (κ3) is 3.28. The zero-order valence-corrected chi connectivity index (χ0v) is 12.4. The van der Waals surface area contributed by atoms with Crippen LogP contribution >= 0.6 is 0 Å². The minimum atomic E-state index is -0.326. The van der Waals surface area contributed by atoms with Crippen LogP contribution in [0.3, 0.4) is 0 Å². The summed E-state index contributed by atoms with van der Waals surface area (Å²) < 4.78 is 0. The molecule has 1 aliphatic heterocycles. The summed E-state index contributed by atoms with van der Waals surface area (Å²) in [5.41, 5.74) is -0.326. The van der Waals surface area contributed by atoms with E-state index in [2.05, 4.69) is 0 Å². The maximum absolute atomic E-state index is 12.3. The highest BCUT2D eigenvalue weighted by Gasteiger charge is 2.32. The average molecular weight is 266 g/mol. The number of carbonyl (C=O) groups excluding carboxylic acids is 2. The molecule has 2 aliphatic rings. The van der Waals surface area contributed by atoms with Crippen LogP contribution in [0.5, 0.6) is 0 Å². The maximum atomic E-state index is 12.3. The summed E-state index contributed by atoms with van der Waals surface area (Å²) >= 11 is 0. The van der Waals surface area contributed by atoms with Crippen molar-refractivity contribution in [3.05, 3.63) is 0 Å². The van der Waals surface area contributed by atoms with E-state index in [-0.39, 0.29) is 17.2 Å². The lowest BCUT2D eigenvalue weighted by Gasteiger charge is -2.31. The van der Waals surface area contributed by atoms with Crippen LogP contribution in [0.15, 0.2) is 0 Å². The summed E-state index contributed by atoms with van der Waals surface area (Å²) in [6.07, 6.45) is 4.21. The Hall–Kier alpha value is -1.06. The Kier molecular flexibility index (Phi) is 4.16. The molecule has 0 aromatic heterocycles. The smallest absolute Gasteiger partial charge is 0.228 e. The fraction of sp³-hybridized carbons (Fsp3) is 0.867. The number of carbonyl (C=O) groups is 2. The minimum Gasteiger partial charge on any atom is -0.341 e. The van der Waals surface area contributed by atoms with Gasteiger partial charge in [0.1, 0.15) is 0 Å². The highest BCUT2D eigenvalue weighted by molar-refractivity contribution is 5.82. The highest BCUT2D eigenvalue weighted by atomic mass is 16.2. The second kappa shape index (κ2) is 5.51. The van der Waals surface area contributed by atoms with Gasteiger partial charge >= 0.3 is 0 Å². The predicted octanol–water partition coefficient (Wildman–Crippen LogP) is 1.89. The Morgan fingerprint density at radius 3 is 2.00 bits per heavy atom. The molecule has 1 heterocycles. The van der Waals surface area contributed by atoms with Gasteiger partial charge in [0.25, 0.3) is 0 Å². The summed E-state index contributed by atoms with van der Waals surface area (Å²) in [4.78, 5) is 28.4. The summed E-state index contributed by atoms with van der Waals surface area (Å²) in [6.45, 7) is 8.85. The van der Waals surface area contributed by atoms with Crippen molar-refractivity contribution >= 4 is 11.8 Å². The van der Waals surface area contributed by atoms with E-state index in [1.807, 2.05) is 30.6 Å². The van der Waals surface area contributed by atoms with E-state index in [1.165, 1.54) is 6.42 Å². The fourth-order valence-electron chi connectivity index (χ4n) is 2.73. The number of nitrogens with zero attached hydrogens (tertiary/aromatic N) is 2. The first-order valence-corrected chi connectivity index (χ1v) is 7.48. The standard InChI is InChI=1S/C15H26N2O2/c1-15(2,3)14(19)17-9-5-8-16(10-11-17)13(18)12-6-4-7-12/h12H,4-11H2,1-3H3. The van der Waals surface area contributed by atoms with Crippen molar-refractivity contribution in [3.8, 4) is 0 Å². The van der Waals surface area contributed by atoms with E-state index >= 15 is 0 Å². The zero-order valence-electron chi connectivity index (χ0n) is 12.4. The molecule has 0 atom stereocenters. The van der Waals surface area contributed by atoms with Crippen LogP contribution in [-0.4, -0.2) is 47.8 Å². The summed E-state index contributed by atoms with van der Waals surface area (Å²) in [6, 6.07) is 0. The molecule has 0 spiro atoms. The molecule has 0 bridgehead atoms. The van der Waals surface area contributed by atoms with Crippen LogP contribution in [0, 0.1) is 11.3 Å². The molecule has 0 unspecified atom stereocenters. The average Bonchev–Trinajstić information content (AvgIpc) is 2.49. The molecule has 1 saturated heterocycles. The Morgan fingerprint density at radius 1 is 0.895 bits per heavy atom. The lowest BCUT2D eigenvalue weighted by molar-refractivity contribution is -0.141. The first-order chi connectivity index (χ1) is 8.89. The molecule has 0 aromatic carbocycles. The molecule has 108 valence electrons. The number of hydrogen-bond donors (Lipinski definition) is 0. The molecule has 4 heteroatoms. The monoisotopic (exact) mass is 266 g/mol. The van der Waals surface area contributed by atoms with E-state index in [1.54, 1.807) is 0 Å². The largest absolute Gasteiger partial charge is 0.341 e. The van der Waals surface area contributed by atoms with Crippen molar-refractivity contribution in [2.75, 3.05) is 26.2 Å². The van der Waals surface area contributed by atoms with Gasteiger partial charge in [0.05, 0.1) is 0 Å². The Morgan fingerprint density at radius 2 is 1.47 bits per heavy atom.